The number of methoxy groups -OCH3 is 1. The highest BCUT2D eigenvalue weighted by molar-refractivity contribution is 5.32. The van der Waals surface area contributed by atoms with E-state index >= 15 is 0 Å². The minimum atomic E-state index is -0.354. The Morgan fingerprint density at radius 2 is 1.81 bits per heavy atom. The topological polar surface area (TPSA) is 41.5 Å². The predicted octanol–water partition coefficient (Wildman–Crippen LogP) is 3.18. The third-order valence-electron chi connectivity index (χ3n) is 3.49. The zero-order chi connectivity index (χ0) is 15.2. The third-order valence-corrected chi connectivity index (χ3v) is 3.49. The number of benzene rings is 2. The lowest BCUT2D eigenvalue weighted by Gasteiger charge is -2.15. The first-order valence-corrected chi connectivity index (χ1v) is 6.89. The molecule has 0 heterocycles. The van der Waals surface area contributed by atoms with Crippen LogP contribution >= 0.6 is 0 Å². The smallest absolute Gasteiger partial charge is 0.165 e. The van der Waals surface area contributed by atoms with Crippen LogP contribution in [0.5, 0.6) is 5.75 Å². The van der Waals surface area contributed by atoms with Crippen LogP contribution in [-0.2, 0) is 13.2 Å². The Morgan fingerprint density at radius 3 is 2.43 bits per heavy atom. The lowest BCUT2D eigenvalue weighted by Crippen LogP contribution is -2.18. The molecule has 112 valence electrons. The molecule has 2 aromatic rings. The Morgan fingerprint density at radius 1 is 1.14 bits per heavy atom. The number of nitrogens with one attached hydrogen (secondary N) is 1. The maximum atomic E-state index is 13.4. The zero-order valence-corrected chi connectivity index (χ0v) is 12.3. The van der Waals surface area contributed by atoms with E-state index in [0.717, 1.165) is 16.7 Å². The molecule has 2 N–H and O–H groups in total. The molecule has 0 aromatic heterocycles. The first-order chi connectivity index (χ1) is 10.1. The second-order valence-electron chi connectivity index (χ2n) is 4.97. The second kappa shape index (κ2) is 7.20. The molecule has 0 amide bonds. The van der Waals surface area contributed by atoms with Crippen molar-refractivity contribution < 1.29 is 14.2 Å². The number of hydrogen-bond donors (Lipinski definition) is 2. The van der Waals surface area contributed by atoms with Crippen molar-refractivity contribution in [3.63, 3.8) is 0 Å². The minimum absolute atomic E-state index is 0.0550. The Balaban J connectivity index is 1.98. The predicted molar refractivity (Wildman–Crippen MR) is 80.6 cm³/mol. The van der Waals surface area contributed by atoms with Crippen LogP contribution in [0.1, 0.15) is 29.7 Å². The van der Waals surface area contributed by atoms with E-state index in [4.69, 9.17) is 9.84 Å². The van der Waals surface area contributed by atoms with Gasteiger partial charge in [-0.25, -0.2) is 4.39 Å². The van der Waals surface area contributed by atoms with Gasteiger partial charge in [0.25, 0.3) is 0 Å². The number of hydrogen-bond acceptors (Lipinski definition) is 3. The molecule has 1 unspecified atom stereocenters. The molecule has 0 aliphatic carbocycles. The molecule has 2 rings (SSSR count). The van der Waals surface area contributed by atoms with Gasteiger partial charge in [-0.15, -0.1) is 0 Å². The van der Waals surface area contributed by atoms with Crippen molar-refractivity contribution in [3.8, 4) is 5.75 Å². The minimum Gasteiger partial charge on any atom is -0.494 e. The fourth-order valence-corrected chi connectivity index (χ4v) is 2.10. The first kappa shape index (κ1) is 15.5. The highest BCUT2D eigenvalue weighted by Crippen LogP contribution is 2.22. The fourth-order valence-electron chi connectivity index (χ4n) is 2.10. The van der Waals surface area contributed by atoms with Gasteiger partial charge in [-0.1, -0.05) is 30.3 Å². The van der Waals surface area contributed by atoms with Crippen molar-refractivity contribution in [1.82, 2.24) is 5.32 Å². The van der Waals surface area contributed by atoms with Crippen LogP contribution in [0, 0.1) is 5.82 Å². The average molecular weight is 289 g/mol. The SMILES string of the molecule is COc1cc(C(C)NCc2ccc(CO)cc2)ccc1F. The summed E-state index contributed by atoms with van der Waals surface area (Å²) in [6, 6.07) is 12.7. The summed E-state index contributed by atoms with van der Waals surface area (Å²) in [5.41, 5.74) is 3.00. The highest BCUT2D eigenvalue weighted by atomic mass is 19.1. The molecule has 0 radical (unpaired) electrons. The number of aliphatic hydroxyl groups excluding tert-OH is 1. The van der Waals surface area contributed by atoms with E-state index in [0.29, 0.717) is 6.54 Å². The van der Waals surface area contributed by atoms with Gasteiger partial charge in [0.15, 0.2) is 11.6 Å². The molecule has 3 nitrogen and oxygen atoms in total. The standard InChI is InChI=1S/C17H20FNO2/c1-12(15-7-8-16(18)17(9-15)21-2)19-10-13-3-5-14(11-20)6-4-13/h3-9,12,19-20H,10-11H2,1-2H3. The van der Waals surface area contributed by atoms with Gasteiger partial charge in [0.1, 0.15) is 0 Å². The summed E-state index contributed by atoms with van der Waals surface area (Å²) in [5.74, 6) is -0.0958. The molecule has 4 heteroatoms. The molecule has 1 atom stereocenters. The average Bonchev–Trinajstić information content (AvgIpc) is 2.53. The van der Waals surface area contributed by atoms with Crippen molar-refractivity contribution in [2.45, 2.75) is 26.1 Å². The Kier molecular flexibility index (Phi) is 5.31. The summed E-state index contributed by atoms with van der Waals surface area (Å²) in [6.45, 7) is 2.78. The van der Waals surface area contributed by atoms with Crippen LogP contribution in [0.25, 0.3) is 0 Å². The summed E-state index contributed by atoms with van der Waals surface area (Å²) in [7, 11) is 1.46. The molecule has 0 aliphatic rings. The second-order valence-corrected chi connectivity index (χ2v) is 4.97. The van der Waals surface area contributed by atoms with Crippen molar-refractivity contribution in [1.29, 1.82) is 0 Å². The summed E-state index contributed by atoms with van der Waals surface area (Å²) in [5, 5.41) is 12.4. The molecule has 0 bridgehead atoms. The van der Waals surface area contributed by atoms with E-state index in [1.807, 2.05) is 31.2 Å². The van der Waals surface area contributed by atoms with Crippen LogP contribution < -0.4 is 10.1 Å². The van der Waals surface area contributed by atoms with Gasteiger partial charge in [0, 0.05) is 12.6 Å². The Hall–Kier alpha value is -1.91. The molecule has 21 heavy (non-hydrogen) atoms. The van der Waals surface area contributed by atoms with Crippen molar-refractivity contribution in [2.24, 2.45) is 0 Å². The van der Waals surface area contributed by atoms with Gasteiger partial charge >= 0.3 is 0 Å². The van der Waals surface area contributed by atoms with Crippen LogP contribution in [0.15, 0.2) is 42.5 Å². The van der Waals surface area contributed by atoms with Crippen LogP contribution in [0.4, 0.5) is 4.39 Å². The van der Waals surface area contributed by atoms with Gasteiger partial charge in [0.2, 0.25) is 0 Å². The maximum absolute atomic E-state index is 13.4. The molecule has 0 spiro atoms. The van der Waals surface area contributed by atoms with Crippen molar-refractivity contribution >= 4 is 0 Å². The van der Waals surface area contributed by atoms with Gasteiger partial charge in [-0.2, -0.15) is 0 Å². The summed E-state index contributed by atoms with van der Waals surface area (Å²) in [6.07, 6.45) is 0. The molecule has 0 saturated carbocycles. The van der Waals surface area contributed by atoms with Gasteiger partial charge in [-0.3, -0.25) is 0 Å². The Bertz CT molecular complexity index is 584. The summed E-state index contributed by atoms with van der Waals surface area (Å²) in [4.78, 5) is 0. The van der Waals surface area contributed by atoms with Crippen molar-refractivity contribution in [2.75, 3.05) is 7.11 Å². The first-order valence-electron chi connectivity index (χ1n) is 6.89. The van der Waals surface area contributed by atoms with Gasteiger partial charge in [0.05, 0.1) is 13.7 Å². The monoisotopic (exact) mass is 289 g/mol. The normalized spacial score (nSPS) is 12.2. The number of aliphatic hydroxyl groups is 1. The zero-order valence-electron chi connectivity index (χ0n) is 12.3. The van der Waals surface area contributed by atoms with Crippen LogP contribution in [-0.4, -0.2) is 12.2 Å². The highest BCUT2D eigenvalue weighted by Gasteiger charge is 2.09. The molecule has 0 fully saturated rings. The van der Waals surface area contributed by atoms with E-state index in [9.17, 15) is 4.39 Å². The largest absolute Gasteiger partial charge is 0.494 e. The van der Waals surface area contributed by atoms with E-state index in [2.05, 4.69) is 5.32 Å². The van der Waals surface area contributed by atoms with Gasteiger partial charge in [-0.05, 0) is 35.7 Å². The molecule has 0 aliphatic heterocycles. The quantitative estimate of drug-likeness (QED) is 0.858. The summed E-state index contributed by atoms with van der Waals surface area (Å²) < 4.78 is 18.4. The lowest BCUT2D eigenvalue weighted by atomic mass is 10.1. The van der Waals surface area contributed by atoms with Crippen LogP contribution in [0.3, 0.4) is 0 Å². The van der Waals surface area contributed by atoms with Gasteiger partial charge < -0.3 is 15.2 Å². The van der Waals surface area contributed by atoms with Crippen molar-refractivity contribution in [3.05, 3.63) is 65.0 Å². The van der Waals surface area contributed by atoms with E-state index in [1.165, 1.54) is 13.2 Å². The third kappa shape index (κ3) is 4.03. The number of ether oxygens (including phenoxy) is 1. The summed E-state index contributed by atoms with van der Waals surface area (Å²) >= 11 is 0. The molecular weight excluding hydrogens is 269 g/mol. The number of rotatable bonds is 6. The lowest BCUT2D eigenvalue weighted by molar-refractivity contribution is 0.282. The fraction of sp³-hybridized carbons (Fsp3) is 0.294. The van der Waals surface area contributed by atoms with E-state index < -0.39 is 0 Å². The Labute approximate surface area is 124 Å². The van der Waals surface area contributed by atoms with E-state index in [1.54, 1.807) is 12.1 Å². The molecule has 2 aromatic carbocycles. The molecular formula is C17H20FNO2. The maximum Gasteiger partial charge on any atom is 0.165 e. The van der Waals surface area contributed by atoms with E-state index in [-0.39, 0.29) is 24.2 Å². The number of halogens is 1. The molecule has 0 saturated heterocycles. The van der Waals surface area contributed by atoms with Crippen LogP contribution in [0.2, 0.25) is 0 Å².